The monoisotopic (exact) mass is 637 g/mol. The van der Waals surface area contributed by atoms with Gasteiger partial charge in [-0.25, -0.2) is 0 Å². The van der Waals surface area contributed by atoms with Crippen LogP contribution in [0.5, 0.6) is 0 Å². The molecule has 0 aliphatic carbocycles. The van der Waals surface area contributed by atoms with Crippen molar-refractivity contribution in [1.82, 2.24) is 0 Å². The summed E-state index contributed by atoms with van der Waals surface area (Å²) in [5, 5.41) is 9.56. The molecule has 0 unspecified atom stereocenters. The lowest BCUT2D eigenvalue weighted by atomic mass is 9.85. The van der Waals surface area contributed by atoms with E-state index in [9.17, 15) is 0 Å². The first-order valence-corrected chi connectivity index (χ1v) is 17.1. The lowest BCUT2D eigenvalue weighted by Gasteiger charge is -2.28. The van der Waals surface area contributed by atoms with E-state index in [4.69, 9.17) is 4.42 Å². The summed E-state index contributed by atoms with van der Waals surface area (Å²) in [6, 6.07) is 67.6. The number of hydrogen-bond donors (Lipinski definition) is 0. The van der Waals surface area contributed by atoms with Gasteiger partial charge in [0, 0.05) is 33.6 Å². The molecule has 0 saturated carbocycles. The van der Waals surface area contributed by atoms with Gasteiger partial charge in [-0.2, -0.15) is 0 Å². The molecule has 0 saturated heterocycles. The van der Waals surface area contributed by atoms with Gasteiger partial charge in [0.05, 0.1) is 5.69 Å². The highest BCUT2D eigenvalue weighted by atomic mass is 16.3. The van der Waals surface area contributed by atoms with Crippen LogP contribution in [-0.4, -0.2) is 0 Å². The lowest BCUT2D eigenvalue weighted by molar-refractivity contribution is 0.669. The maximum atomic E-state index is 6.44. The predicted molar refractivity (Wildman–Crippen MR) is 212 cm³/mol. The molecule has 0 aliphatic heterocycles. The van der Waals surface area contributed by atoms with Gasteiger partial charge in [-0.3, -0.25) is 0 Å². The third-order valence-electron chi connectivity index (χ3n) is 10.0. The fourth-order valence-electron chi connectivity index (χ4n) is 7.81. The average molecular weight is 638 g/mol. The third kappa shape index (κ3) is 4.50. The minimum Gasteiger partial charge on any atom is -0.456 e. The summed E-state index contributed by atoms with van der Waals surface area (Å²) in [4.78, 5) is 2.39. The molecule has 0 spiro atoms. The molecule has 1 aromatic heterocycles. The first-order chi connectivity index (χ1) is 24.8. The molecule has 2 heteroatoms. The molecule has 0 radical (unpaired) electrons. The lowest BCUT2D eigenvalue weighted by Crippen LogP contribution is -2.10. The number of anilines is 3. The topological polar surface area (TPSA) is 16.4 Å². The summed E-state index contributed by atoms with van der Waals surface area (Å²) in [7, 11) is 0. The van der Waals surface area contributed by atoms with Gasteiger partial charge in [0.15, 0.2) is 0 Å². The second-order valence-corrected chi connectivity index (χ2v) is 12.9. The number of benzene rings is 9. The molecule has 10 aromatic rings. The van der Waals surface area contributed by atoms with Crippen LogP contribution < -0.4 is 4.90 Å². The molecule has 50 heavy (non-hydrogen) atoms. The normalized spacial score (nSPS) is 11.6. The summed E-state index contributed by atoms with van der Waals surface area (Å²) in [6.07, 6.45) is 0. The van der Waals surface area contributed by atoms with Gasteiger partial charge < -0.3 is 9.32 Å². The van der Waals surface area contributed by atoms with Crippen molar-refractivity contribution < 1.29 is 4.42 Å². The highest BCUT2D eigenvalue weighted by Gasteiger charge is 2.22. The van der Waals surface area contributed by atoms with Crippen molar-refractivity contribution in [3.63, 3.8) is 0 Å². The summed E-state index contributed by atoms with van der Waals surface area (Å²) in [5.41, 5.74) is 9.88. The van der Waals surface area contributed by atoms with Crippen molar-refractivity contribution in [1.29, 1.82) is 0 Å². The molecule has 0 aliphatic rings. The van der Waals surface area contributed by atoms with Gasteiger partial charge in [0.1, 0.15) is 11.2 Å². The number of fused-ring (bicyclic) bond motifs is 7. The molecule has 0 bridgehead atoms. The van der Waals surface area contributed by atoms with Crippen molar-refractivity contribution in [2.24, 2.45) is 0 Å². The quantitative estimate of drug-likeness (QED) is 0.175. The molecule has 2 nitrogen and oxygen atoms in total. The molecule has 1 heterocycles. The Hall–Kier alpha value is -6.64. The van der Waals surface area contributed by atoms with E-state index in [0.29, 0.717) is 0 Å². The van der Waals surface area contributed by atoms with E-state index < -0.39 is 0 Å². The number of nitrogens with zero attached hydrogens (tertiary/aromatic N) is 1. The summed E-state index contributed by atoms with van der Waals surface area (Å²) in [5.74, 6) is 0. The van der Waals surface area contributed by atoms with Gasteiger partial charge in [0.2, 0.25) is 0 Å². The molecule has 10 rings (SSSR count). The largest absolute Gasteiger partial charge is 0.456 e. The second kappa shape index (κ2) is 11.5. The molecular weight excluding hydrogens is 607 g/mol. The van der Waals surface area contributed by atoms with Gasteiger partial charge in [-0.15, -0.1) is 0 Å². The van der Waals surface area contributed by atoms with Crippen LogP contribution in [0.4, 0.5) is 17.1 Å². The van der Waals surface area contributed by atoms with Crippen molar-refractivity contribution in [3.05, 3.63) is 188 Å². The third-order valence-corrected chi connectivity index (χ3v) is 10.0. The standard InChI is InChI=1S/C48H31NO/c1-3-15-33(16-4-1)47-42-23-10-9-21-38(42)39-28-26-35(30-43(39)48(47)34-17-5-2-6-18-34)49(44-24-13-19-32-14-7-8-20-37(32)44)36-27-29-41-40-22-11-12-25-45(40)50-46(41)31-36/h1-31H. The van der Waals surface area contributed by atoms with Crippen molar-refractivity contribution in [3.8, 4) is 22.3 Å². The second-order valence-electron chi connectivity index (χ2n) is 12.9. The zero-order valence-corrected chi connectivity index (χ0v) is 27.3. The van der Waals surface area contributed by atoms with Crippen LogP contribution in [0.25, 0.3) is 76.5 Å². The Morgan fingerprint density at radius 2 is 0.840 bits per heavy atom. The van der Waals surface area contributed by atoms with Crippen LogP contribution in [-0.2, 0) is 0 Å². The average Bonchev–Trinajstić information content (AvgIpc) is 3.56. The number of furan rings is 1. The van der Waals surface area contributed by atoms with Crippen LogP contribution in [0.3, 0.4) is 0 Å². The van der Waals surface area contributed by atoms with Gasteiger partial charge in [-0.05, 0) is 85.6 Å². The van der Waals surface area contributed by atoms with E-state index in [2.05, 4.69) is 181 Å². The maximum Gasteiger partial charge on any atom is 0.137 e. The smallest absolute Gasteiger partial charge is 0.137 e. The highest BCUT2D eigenvalue weighted by molar-refractivity contribution is 6.22. The SMILES string of the molecule is c1ccc(-c2c(-c3ccccc3)c3cc(N(c4ccc5c(c4)oc4ccccc45)c4cccc5ccccc45)ccc3c3ccccc23)cc1. The summed E-state index contributed by atoms with van der Waals surface area (Å²) in [6.45, 7) is 0. The van der Waals surface area contributed by atoms with Gasteiger partial charge in [0.25, 0.3) is 0 Å². The first-order valence-electron chi connectivity index (χ1n) is 17.1. The van der Waals surface area contributed by atoms with E-state index in [1.54, 1.807) is 0 Å². The Kier molecular flexibility index (Phi) is 6.53. The van der Waals surface area contributed by atoms with E-state index in [1.165, 1.54) is 54.6 Å². The summed E-state index contributed by atoms with van der Waals surface area (Å²) >= 11 is 0. The predicted octanol–water partition coefficient (Wildman–Crippen LogP) is 13.8. The summed E-state index contributed by atoms with van der Waals surface area (Å²) < 4.78 is 6.44. The van der Waals surface area contributed by atoms with Crippen LogP contribution in [0.15, 0.2) is 192 Å². The molecule has 0 amide bonds. The van der Waals surface area contributed by atoms with Crippen LogP contribution in [0, 0.1) is 0 Å². The van der Waals surface area contributed by atoms with E-state index in [1.807, 2.05) is 12.1 Å². The van der Waals surface area contributed by atoms with E-state index >= 15 is 0 Å². The van der Waals surface area contributed by atoms with Gasteiger partial charge >= 0.3 is 0 Å². The first kappa shape index (κ1) is 28.4. The van der Waals surface area contributed by atoms with E-state index in [-0.39, 0.29) is 0 Å². The number of hydrogen-bond acceptors (Lipinski definition) is 2. The highest BCUT2D eigenvalue weighted by Crippen LogP contribution is 2.48. The van der Waals surface area contributed by atoms with Crippen LogP contribution >= 0.6 is 0 Å². The molecule has 0 fully saturated rings. The Morgan fingerprint density at radius 1 is 0.320 bits per heavy atom. The van der Waals surface area contributed by atoms with Crippen LogP contribution in [0.1, 0.15) is 0 Å². The molecule has 0 atom stereocenters. The minimum absolute atomic E-state index is 0.872. The van der Waals surface area contributed by atoms with Crippen molar-refractivity contribution in [2.75, 3.05) is 4.90 Å². The van der Waals surface area contributed by atoms with Crippen LogP contribution in [0.2, 0.25) is 0 Å². The fraction of sp³-hybridized carbons (Fsp3) is 0. The van der Waals surface area contributed by atoms with Gasteiger partial charge in [-0.1, -0.05) is 146 Å². The Balaban J connectivity index is 1.31. The molecule has 234 valence electrons. The number of rotatable bonds is 5. The zero-order chi connectivity index (χ0) is 33.0. The number of para-hydroxylation sites is 1. The van der Waals surface area contributed by atoms with Crippen molar-refractivity contribution in [2.45, 2.75) is 0 Å². The zero-order valence-electron chi connectivity index (χ0n) is 27.3. The van der Waals surface area contributed by atoms with Crippen molar-refractivity contribution >= 4 is 71.3 Å². The fourth-order valence-corrected chi connectivity index (χ4v) is 7.81. The minimum atomic E-state index is 0.872. The Labute approximate surface area is 290 Å². The molecule has 9 aromatic carbocycles. The molecule has 0 N–H and O–H groups in total. The maximum absolute atomic E-state index is 6.44. The Bertz CT molecular complexity index is 2860. The molecular formula is C48H31NO. The Morgan fingerprint density at radius 3 is 1.60 bits per heavy atom. The van der Waals surface area contributed by atoms with E-state index in [0.717, 1.165) is 39.0 Å².